The van der Waals surface area contributed by atoms with Crippen LogP contribution in [0.3, 0.4) is 0 Å². The van der Waals surface area contributed by atoms with E-state index in [2.05, 4.69) is 10.6 Å². The number of nitrogens with one attached hydrogen (secondary N) is 2. The number of alkyl carbamates (subject to hydrolysis) is 1. The summed E-state index contributed by atoms with van der Waals surface area (Å²) in [5.41, 5.74) is -0.565. The molecule has 0 aliphatic heterocycles. The monoisotopic (exact) mass is 272 g/mol. The Labute approximate surface area is 116 Å². The van der Waals surface area contributed by atoms with E-state index in [1.807, 2.05) is 20.8 Å². The second kappa shape index (κ2) is 8.02. The number of hydrogen-bond donors (Lipinski definition) is 2. The van der Waals surface area contributed by atoms with Gasteiger partial charge >= 0.3 is 6.09 Å². The lowest BCUT2D eigenvalue weighted by Gasteiger charge is -2.26. The highest BCUT2D eigenvalue weighted by molar-refractivity contribution is 5.85. The lowest BCUT2D eigenvalue weighted by atomic mass is 9.98. The Morgan fingerprint density at radius 2 is 1.79 bits per heavy atom. The lowest BCUT2D eigenvalue weighted by molar-refractivity contribution is -0.124. The highest BCUT2D eigenvalue weighted by Gasteiger charge is 2.27. The molecule has 0 aromatic carbocycles. The van der Waals surface area contributed by atoms with Crippen LogP contribution in [0.5, 0.6) is 0 Å². The van der Waals surface area contributed by atoms with Crippen LogP contribution in [-0.4, -0.2) is 30.2 Å². The van der Waals surface area contributed by atoms with Gasteiger partial charge in [-0.3, -0.25) is 4.79 Å². The van der Waals surface area contributed by atoms with Crippen molar-refractivity contribution in [2.24, 2.45) is 5.92 Å². The van der Waals surface area contributed by atoms with Crippen molar-refractivity contribution in [1.29, 1.82) is 0 Å². The Morgan fingerprint density at radius 3 is 2.21 bits per heavy atom. The smallest absolute Gasteiger partial charge is 0.408 e. The van der Waals surface area contributed by atoms with Gasteiger partial charge < -0.3 is 15.4 Å². The maximum absolute atomic E-state index is 12.0. The lowest BCUT2D eigenvalue weighted by Crippen LogP contribution is -2.51. The maximum Gasteiger partial charge on any atom is 0.408 e. The van der Waals surface area contributed by atoms with Gasteiger partial charge in [-0.2, -0.15) is 0 Å². The zero-order valence-corrected chi connectivity index (χ0v) is 13.0. The van der Waals surface area contributed by atoms with Gasteiger partial charge in [-0.15, -0.1) is 0 Å². The van der Waals surface area contributed by atoms with Gasteiger partial charge in [-0.1, -0.05) is 27.2 Å². The zero-order chi connectivity index (χ0) is 15.1. The number of rotatable bonds is 6. The first-order valence-electron chi connectivity index (χ1n) is 6.98. The zero-order valence-electron chi connectivity index (χ0n) is 13.0. The summed E-state index contributed by atoms with van der Waals surface area (Å²) in [7, 11) is 0. The minimum atomic E-state index is -0.565. The molecule has 5 nitrogen and oxygen atoms in total. The summed E-state index contributed by atoms with van der Waals surface area (Å²) < 4.78 is 5.19. The third-order valence-electron chi connectivity index (χ3n) is 2.72. The Balaban J connectivity index is 4.60. The van der Waals surface area contributed by atoms with Gasteiger partial charge in [0.05, 0.1) is 0 Å². The number of ether oxygens (including phenoxy) is 1. The molecule has 2 amide bonds. The minimum absolute atomic E-state index is 0.0596. The average Bonchev–Trinajstić information content (AvgIpc) is 2.29. The standard InChI is InChI=1S/C14H28N2O3/c1-7-9-15-12(17)11(10(3)8-2)16-13(18)19-14(4,5)6/h10-11H,7-9H2,1-6H3,(H,15,17)(H,16,18). The molecule has 0 saturated carbocycles. The van der Waals surface area contributed by atoms with Crippen LogP contribution in [0, 0.1) is 5.92 Å². The van der Waals surface area contributed by atoms with Crippen LogP contribution in [0.15, 0.2) is 0 Å². The molecule has 0 aromatic rings. The molecule has 2 N–H and O–H groups in total. The molecule has 0 bridgehead atoms. The molecule has 0 radical (unpaired) electrons. The number of hydrogen-bond acceptors (Lipinski definition) is 3. The van der Waals surface area contributed by atoms with Crippen molar-refractivity contribution in [3.63, 3.8) is 0 Å². The fraction of sp³-hybridized carbons (Fsp3) is 0.857. The van der Waals surface area contributed by atoms with Crippen molar-refractivity contribution < 1.29 is 14.3 Å². The molecule has 0 aromatic heterocycles. The fourth-order valence-electron chi connectivity index (χ4n) is 1.49. The summed E-state index contributed by atoms with van der Waals surface area (Å²) in [4.78, 5) is 23.8. The molecule has 0 rings (SSSR count). The van der Waals surface area contributed by atoms with E-state index in [0.717, 1.165) is 12.8 Å². The molecule has 0 aliphatic carbocycles. The van der Waals surface area contributed by atoms with Crippen LogP contribution in [0.25, 0.3) is 0 Å². The van der Waals surface area contributed by atoms with Crippen molar-refractivity contribution >= 4 is 12.0 Å². The van der Waals surface area contributed by atoms with Crippen molar-refractivity contribution in [1.82, 2.24) is 10.6 Å². The van der Waals surface area contributed by atoms with Crippen LogP contribution < -0.4 is 10.6 Å². The van der Waals surface area contributed by atoms with Crippen molar-refractivity contribution in [2.75, 3.05) is 6.54 Å². The first-order chi connectivity index (χ1) is 8.71. The van der Waals surface area contributed by atoms with Crippen LogP contribution in [0.1, 0.15) is 54.4 Å². The summed E-state index contributed by atoms with van der Waals surface area (Å²) in [6.45, 7) is 11.9. The average molecular weight is 272 g/mol. The Hall–Kier alpha value is -1.26. The summed E-state index contributed by atoms with van der Waals surface area (Å²) >= 11 is 0. The Morgan fingerprint density at radius 1 is 1.21 bits per heavy atom. The van der Waals surface area contributed by atoms with Crippen LogP contribution >= 0.6 is 0 Å². The fourth-order valence-corrected chi connectivity index (χ4v) is 1.49. The summed E-state index contributed by atoms with van der Waals surface area (Å²) in [6.07, 6.45) is 1.12. The third kappa shape index (κ3) is 7.70. The highest BCUT2D eigenvalue weighted by atomic mass is 16.6. The van der Waals surface area contributed by atoms with E-state index in [0.29, 0.717) is 6.54 Å². The number of carbonyl (C=O) groups is 2. The van der Waals surface area contributed by atoms with Crippen LogP contribution in [0.2, 0.25) is 0 Å². The largest absolute Gasteiger partial charge is 0.444 e. The minimum Gasteiger partial charge on any atom is -0.444 e. The summed E-state index contributed by atoms with van der Waals surface area (Å²) in [5.74, 6) is -0.0913. The number of amides is 2. The predicted molar refractivity (Wildman–Crippen MR) is 75.9 cm³/mol. The molecule has 0 saturated heterocycles. The predicted octanol–water partition coefficient (Wildman–Crippen LogP) is 2.45. The third-order valence-corrected chi connectivity index (χ3v) is 2.72. The SMILES string of the molecule is CCCNC(=O)C(NC(=O)OC(C)(C)C)C(C)CC. The maximum atomic E-state index is 12.0. The molecular formula is C14H28N2O3. The summed E-state index contributed by atoms with van der Waals surface area (Å²) in [6, 6.07) is -0.550. The molecular weight excluding hydrogens is 244 g/mol. The first kappa shape index (κ1) is 17.7. The van der Waals surface area contributed by atoms with Crippen molar-refractivity contribution in [2.45, 2.75) is 66.0 Å². The highest BCUT2D eigenvalue weighted by Crippen LogP contribution is 2.11. The number of carbonyl (C=O) groups excluding carboxylic acids is 2. The van der Waals surface area contributed by atoms with E-state index < -0.39 is 17.7 Å². The molecule has 112 valence electrons. The van der Waals surface area contributed by atoms with Crippen molar-refractivity contribution in [3.8, 4) is 0 Å². The van der Waals surface area contributed by atoms with Crippen molar-refractivity contribution in [3.05, 3.63) is 0 Å². The van der Waals surface area contributed by atoms with E-state index in [1.54, 1.807) is 20.8 Å². The van der Waals surface area contributed by atoms with Gasteiger partial charge in [0.1, 0.15) is 11.6 Å². The molecule has 0 spiro atoms. The van der Waals surface area contributed by atoms with Gasteiger partial charge in [-0.05, 0) is 33.1 Å². The van der Waals surface area contributed by atoms with Crippen LogP contribution in [0.4, 0.5) is 4.79 Å². The van der Waals surface area contributed by atoms with E-state index in [-0.39, 0.29) is 11.8 Å². The molecule has 0 fully saturated rings. The first-order valence-corrected chi connectivity index (χ1v) is 6.98. The van der Waals surface area contributed by atoms with E-state index in [9.17, 15) is 9.59 Å². The Bertz CT molecular complexity index is 298. The second-order valence-electron chi connectivity index (χ2n) is 5.80. The Kier molecular flexibility index (Phi) is 7.49. The molecule has 2 unspecified atom stereocenters. The second-order valence-corrected chi connectivity index (χ2v) is 5.80. The van der Waals surface area contributed by atoms with Gasteiger partial charge in [0.25, 0.3) is 0 Å². The van der Waals surface area contributed by atoms with Gasteiger partial charge in [0, 0.05) is 6.54 Å². The normalized spacial score (nSPS) is 14.4. The van der Waals surface area contributed by atoms with Gasteiger partial charge in [0.2, 0.25) is 5.91 Å². The molecule has 5 heteroatoms. The topological polar surface area (TPSA) is 67.4 Å². The molecule has 2 atom stereocenters. The molecule has 0 aliphatic rings. The summed E-state index contributed by atoms with van der Waals surface area (Å²) in [5, 5.41) is 5.47. The van der Waals surface area contributed by atoms with Gasteiger partial charge in [-0.25, -0.2) is 4.79 Å². The molecule has 0 heterocycles. The van der Waals surface area contributed by atoms with Crippen LogP contribution in [-0.2, 0) is 9.53 Å². The van der Waals surface area contributed by atoms with E-state index in [4.69, 9.17) is 4.74 Å². The van der Waals surface area contributed by atoms with E-state index >= 15 is 0 Å². The van der Waals surface area contributed by atoms with Gasteiger partial charge in [0.15, 0.2) is 0 Å². The molecule has 19 heavy (non-hydrogen) atoms. The quantitative estimate of drug-likeness (QED) is 0.780. The van der Waals surface area contributed by atoms with E-state index in [1.165, 1.54) is 0 Å².